The van der Waals surface area contributed by atoms with E-state index in [1.165, 1.54) is 5.69 Å². The van der Waals surface area contributed by atoms with E-state index in [0.717, 1.165) is 43.3 Å². The second kappa shape index (κ2) is 6.36. The van der Waals surface area contributed by atoms with Gasteiger partial charge in [0.15, 0.2) is 0 Å². The van der Waals surface area contributed by atoms with E-state index in [9.17, 15) is 0 Å². The highest BCUT2D eigenvalue weighted by molar-refractivity contribution is 5.44. The Morgan fingerprint density at radius 3 is 2.70 bits per heavy atom. The second-order valence-corrected chi connectivity index (χ2v) is 4.88. The molecule has 0 aliphatic rings. The first kappa shape index (κ1) is 14.3. The van der Waals surface area contributed by atoms with Crippen molar-refractivity contribution in [3.05, 3.63) is 29.3 Å². The minimum atomic E-state index is 0.512. The van der Waals surface area contributed by atoms with Gasteiger partial charge in [0, 0.05) is 31.3 Å². The molecule has 0 saturated carbocycles. The van der Waals surface area contributed by atoms with Crippen LogP contribution < -0.4 is 11.1 Å². The van der Waals surface area contributed by atoms with Crippen LogP contribution in [0.15, 0.2) is 12.1 Å². The maximum atomic E-state index is 5.75. The molecule has 0 amide bonds. The van der Waals surface area contributed by atoms with Crippen molar-refractivity contribution in [3.8, 4) is 0 Å². The molecule has 0 fully saturated rings. The van der Waals surface area contributed by atoms with Crippen molar-refractivity contribution in [1.82, 2.24) is 19.7 Å². The zero-order chi connectivity index (χ0) is 14.5. The van der Waals surface area contributed by atoms with E-state index in [2.05, 4.69) is 33.4 Å². The number of aromatic nitrogens is 4. The summed E-state index contributed by atoms with van der Waals surface area (Å²) in [6.45, 7) is 7.83. The summed E-state index contributed by atoms with van der Waals surface area (Å²) in [5.74, 6) is 2.08. The molecule has 108 valence electrons. The lowest BCUT2D eigenvalue weighted by Gasteiger charge is -2.08. The molecule has 2 rings (SSSR count). The predicted octanol–water partition coefficient (Wildman–Crippen LogP) is 1.94. The van der Waals surface area contributed by atoms with Gasteiger partial charge in [0.25, 0.3) is 0 Å². The van der Waals surface area contributed by atoms with E-state index in [-0.39, 0.29) is 0 Å². The fourth-order valence-corrected chi connectivity index (χ4v) is 2.11. The third-order valence-electron chi connectivity index (χ3n) is 3.06. The van der Waals surface area contributed by atoms with Crippen LogP contribution in [-0.4, -0.2) is 26.3 Å². The van der Waals surface area contributed by atoms with Crippen LogP contribution in [-0.2, 0) is 13.0 Å². The first-order chi connectivity index (χ1) is 9.58. The topological polar surface area (TPSA) is 81.6 Å². The summed E-state index contributed by atoms with van der Waals surface area (Å²) in [7, 11) is 0. The smallest absolute Gasteiger partial charge is 0.132 e. The molecule has 0 radical (unpaired) electrons. The number of hydrogen-bond acceptors (Lipinski definition) is 5. The molecule has 0 aliphatic heterocycles. The SMILES string of the molecule is CCc1nc(N)cc(NCCCn2nc(C)cc2C)n1. The summed E-state index contributed by atoms with van der Waals surface area (Å²) in [6, 6.07) is 3.86. The fourth-order valence-electron chi connectivity index (χ4n) is 2.11. The van der Waals surface area contributed by atoms with E-state index in [4.69, 9.17) is 5.73 Å². The Morgan fingerprint density at radius 2 is 2.05 bits per heavy atom. The Balaban J connectivity index is 1.84. The van der Waals surface area contributed by atoms with Crippen molar-refractivity contribution in [2.75, 3.05) is 17.6 Å². The van der Waals surface area contributed by atoms with Gasteiger partial charge in [-0.05, 0) is 26.3 Å². The van der Waals surface area contributed by atoms with Gasteiger partial charge >= 0.3 is 0 Å². The highest BCUT2D eigenvalue weighted by Gasteiger charge is 2.02. The summed E-state index contributed by atoms with van der Waals surface area (Å²) in [5.41, 5.74) is 8.01. The summed E-state index contributed by atoms with van der Waals surface area (Å²) in [5, 5.41) is 7.72. The summed E-state index contributed by atoms with van der Waals surface area (Å²) < 4.78 is 2.03. The molecule has 20 heavy (non-hydrogen) atoms. The molecular formula is C14H22N6. The van der Waals surface area contributed by atoms with E-state index < -0.39 is 0 Å². The first-order valence-electron chi connectivity index (χ1n) is 6.97. The lowest BCUT2D eigenvalue weighted by atomic mass is 10.3. The van der Waals surface area contributed by atoms with Gasteiger partial charge in [-0.1, -0.05) is 6.92 Å². The lowest BCUT2D eigenvalue weighted by Crippen LogP contribution is -2.11. The Bertz CT molecular complexity index is 575. The van der Waals surface area contributed by atoms with E-state index in [1.807, 2.05) is 18.5 Å². The molecule has 0 aromatic carbocycles. The average molecular weight is 274 g/mol. The van der Waals surface area contributed by atoms with Gasteiger partial charge in [-0.15, -0.1) is 0 Å². The van der Waals surface area contributed by atoms with Crippen LogP contribution >= 0.6 is 0 Å². The maximum Gasteiger partial charge on any atom is 0.132 e. The van der Waals surface area contributed by atoms with Crippen LogP contribution in [0.5, 0.6) is 0 Å². The van der Waals surface area contributed by atoms with Gasteiger partial charge in [0.1, 0.15) is 17.5 Å². The Morgan fingerprint density at radius 1 is 1.25 bits per heavy atom. The largest absolute Gasteiger partial charge is 0.384 e. The summed E-state index contributed by atoms with van der Waals surface area (Å²) >= 11 is 0. The molecule has 6 nitrogen and oxygen atoms in total. The Labute approximate surface area is 119 Å². The first-order valence-corrected chi connectivity index (χ1v) is 6.97. The monoisotopic (exact) mass is 274 g/mol. The van der Waals surface area contributed by atoms with Crippen LogP contribution in [0.3, 0.4) is 0 Å². The number of aryl methyl sites for hydroxylation is 4. The zero-order valence-corrected chi connectivity index (χ0v) is 12.3. The molecule has 0 saturated heterocycles. The molecule has 2 aromatic heterocycles. The predicted molar refractivity (Wildman–Crippen MR) is 80.6 cm³/mol. The standard InChI is InChI=1S/C14H22N6/c1-4-13-17-12(15)9-14(18-13)16-6-5-7-20-11(3)8-10(2)19-20/h8-9H,4-7H2,1-3H3,(H3,15,16,17,18). The maximum absolute atomic E-state index is 5.75. The molecule has 2 heterocycles. The van der Waals surface area contributed by atoms with Gasteiger partial charge < -0.3 is 11.1 Å². The third-order valence-corrected chi connectivity index (χ3v) is 3.06. The number of nitrogens with one attached hydrogen (secondary N) is 1. The van der Waals surface area contributed by atoms with Crippen LogP contribution in [0.25, 0.3) is 0 Å². The van der Waals surface area contributed by atoms with Crippen molar-refractivity contribution in [2.24, 2.45) is 0 Å². The van der Waals surface area contributed by atoms with Crippen molar-refractivity contribution >= 4 is 11.6 Å². The number of anilines is 2. The van der Waals surface area contributed by atoms with Crippen molar-refractivity contribution in [2.45, 2.75) is 40.2 Å². The lowest BCUT2D eigenvalue weighted by molar-refractivity contribution is 0.573. The van der Waals surface area contributed by atoms with Gasteiger partial charge in [0.05, 0.1) is 5.69 Å². The van der Waals surface area contributed by atoms with E-state index >= 15 is 0 Å². The quantitative estimate of drug-likeness (QED) is 0.787. The van der Waals surface area contributed by atoms with E-state index in [0.29, 0.717) is 5.82 Å². The molecular weight excluding hydrogens is 252 g/mol. The van der Waals surface area contributed by atoms with Crippen LogP contribution in [0.4, 0.5) is 11.6 Å². The number of rotatable bonds is 6. The number of hydrogen-bond donors (Lipinski definition) is 2. The molecule has 0 spiro atoms. The number of nitrogens with two attached hydrogens (primary N) is 1. The number of nitrogen functional groups attached to an aromatic ring is 1. The van der Waals surface area contributed by atoms with Crippen LogP contribution in [0.1, 0.15) is 30.6 Å². The average Bonchev–Trinajstić information content (AvgIpc) is 2.72. The van der Waals surface area contributed by atoms with E-state index in [1.54, 1.807) is 6.07 Å². The minimum absolute atomic E-state index is 0.512. The van der Waals surface area contributed by atoms with Gasteiger partial charge in [-0.3, -0.25) is 4.68 Å². The normalized spacial score (nSPS) is 10.8. The molecule has 2 aromatic rings. The fraction of sp³-hybridized carbons (Fsp3) is 0.500. The molecule has 0 aliphatic carbocycles. The minimum Gasteiger partial charge on any atom is -0.384 e. The third kappa shape index (κ3) is 3.69. The van der Waals surface area contributed by atoms with Crippen molar-refractivity contribution < 1.29 is 0 Å². The van der Waals surface area contributed by atoms with Crippen LogP contribution in [0.2, 0.25) is 0 Å². The summed E-state index contributed by atoms with van der Waals surface area (Å²) in [4.78, 5) is 8.55. The molecule has 6 heteroatoms. The zero-order valence-electron chi connectivity index (χ0n) is 12.3. The highest BCUT2D eigenvalue weighted by Crippen LogP contribution is 2.09. The van der Waals surface area contributed by atoms with Crippen molar-refractivity contribution in [1.29, 1.82) is 0 Å². The summed E-state index contributed by atoms with van der Waals surface area (Å²) in [6.07, 6.45) is 1.76. The molecule has 0 bridgehead atoms. The number of nitrogens with zero attached hydrogens (tertiary/aromatic N) is 4. The van der Waals surface area contributed by atoms with Gasteiger partial charge in [-0.25, -0.2) is 9.97 Å². The molecule has 0 unspecified atom stereocenters. The molecule has 3 N–H and O–H groups in total. The van der Waals surface area contributed by atoms with Gasteiger partial charge in [-0.2, -0.15) is 5.10 Å². The van der Waals surface area contributed by atoms with Crippen LogP contribution in [0, 0.1) is 13.8 Å². The van der Waals surface area contributed by atoms with Crippen molar-refractivity contribution in [3.63, 3.8) is 0 Å². The Hall–Kier alpha value is -2.11. The highest BCUT2D eigenvalue weighted by atomic mass is 15.3. The van der Waals surface area contributed by atoms with Gasteiger partial charge in [0.2, 0.25) is 0 Å². The Kier molecular flexibility index (Phi) is 4.55. The second-order valence-electron chi connectivity index (χ2n) is 4.88. The molecule has 0 atom stereocenters.